The lowest BCUT2D eigenvalue weighted by molar-refractivity contribution is -0.171. The second kappa shape index (κ2) is 8.66. The average Bonchev–Trinajstić information content (AvgIpc) is 3.58. The number of nitrogens with one attached hydrogen (secondary N) is 2. The Morgan fingerprint density at radius 3 is 2.69 bits per heavy atom. The molecule has 2 saturated carbocycles. The topological polar surface area (TPSA) is 111 Å². The third-order valence-corrected chi connectivity index (χ3v) is 8.48. The lowest BCUT2D eigenvalue weighted by Gasteiger charge is -2.65. The van der Waals surface area contributed by atoms with Gasteiger partial charge < -0.3 is 25.6 Å². The number of benzene rings is 1. The number of piperidine rings is 1. The number of phenols is 1. The normalized spacial score (nSPS) is 32.2. The maximum atomic E-state index is 12.7. The molecule has 1 saturated heterocycles. The summed E-state index contributed by atoms with van der Waals surface area (Å²) in [6.45, 7) is 7.14. The molecule has 0 aromatic heterocycles. The summed E-state index contributed by atoms with van der Waals surface area (Å²) in [5, 5.41) is 28.3. The molecule has 2 amide bonds. The first-order chi connectivity index (χ1) is 16.5. The average molecular weight is 486 g/mol. The molecule has 5 rings (SSSR count). The van der Waals surface area contributed by atoms with Crippen molar-refractivity contribution < 1.29 is 24.5 Å². The fourth-order valence-corrected chi connectivity index (χ4v) is 6.82. The van der Waals surface area contributed by atoms with Crippen LogP contribution in [0.3, 0.4) is 0 Å². The largest absolute Gasteiger partial charge is 0.508 e. The fraction of sp³-hybridized carbons (Fsp3) is 0.704. The molecule has 3 fully saturated rings. The Morgan fingerprint density at radius 2 is 1.97 bits per heavy atom. The standard InChI is InChI=1S/C27H39N3O5/c1-25(2,3)35-24(33)28-15-23(32)29-19-8-9-27(34)22-12-18-6-7-20(31)13-21(18)26(27,14-19)10-11-30(22)16-17-4-5-17/h6-7,13,17,19,22,31,34H,4-5,8-12,14-16H2,1-3H3,(H,28,33)(H,29,32)/t19-,22-,26-,27-/m1/s1. The number of hydrogen-bond donors (Lipinski definition) is 4. The van der Waals surface area contributed by atoms with Gasteiger partial charge in [0.15, 0.2) is 0 Å². The monoisotopic (exact) mass is 485 g/mol. The Morgan fingerprint density at radius 1 is 1.20 bits per heavy atom. The summed E-state index contributed by atoms with van der Waals surface area (Å²) >= 11 is 0. The number of rotatable bonds is 5. The van der Waals surface area contributed by atoms with Gasteiger partial charge in [-0.3, -0.25) is 9.69 Å². The molecule has 4 N–H and O–H groups in total. The molecule has 4 atom stereocenters. The van der Waals surface area contributed by atoms with Crippen LogP contribution in [-0.4, -0.2) is 70.0 Å². The number of hydrogen-bond acceptors (Lipinski definition) is 6. The van der Waals surface area contributed by atoms with Crippen LogP contribution in [0, 0.1) is 5.92 Å². The van der Waals surface area contributed by atoms with Gasteiger partial charge in [-0.15, -0.1) is 0 Å². The van der Waals surface area contributed by atoms with Gasteiger partial charge in [0.1, 0.15) is 17.9 Å². The third-order valence-electron chi connectivity index (χ3n) is 8.48. The van der Waals surface area contributed by atoms with Crippen molar-refractivity contribution in [3.8, 4) is 5.75 Å². The lowest BCUT2D eigenvalue weighted by atomic mass is 9.49. The summed E-state index contributed by atoms with van der Waals surface area (Å²) in [6.07, 6.45) is 5.42. The molecule has 4 aliphatic rings. The van der Waals surface area contributed by atoms with Gasteiger partial charge >= 0.3 is 6.09 Å². The molecule has 0 unspecified atom stereocenters. The van der Waals surface area contributed by atoms with Gasteiger partial charge in [-0.25, -0.2) is 4.79 Å². The van der Waals surface area contributed by atoms with E-state index in [0.717, 1.165) is 37.4 Å². The fourth-order valence-electron chi connectivity index (χ4n) is 6.82. The predicted molar refractivity (Wildman–Crippen MR) is 131 cm³/mol. The van der Waals surface area contributed by atoms with E-state index >= 15 is 0 Å². The molecule has 8 heteroatoms. The summed E-state index contributed by atoms with van der Waals surface area (Å²) in [5.41, 5.74) is 0.193. The molecule has 1 aromatic rings. The highest BCUT2D eigenvalue weighted by atomic mass is 16.6. The minimum Gasteiger partial charge on any atom is -0.508 e. The van der Waals surface area contributed by atoms with Crippen molar-refractivity contribution in [1.29, 1.82) is 0 Å². The second-order valence-electron chi connectivity index (χ2n) is 12.1. The van der Waals surface area contributed by atoms with Crippen molar-refractivity contribution in [2.24, 2.45) is 5.92 Å². The van der Waals surface area contributed by atoms with Crippen LogP contribution in [0.1, 0.15) is 70.4 Å². The summed E-state index contributed by atoms with van der Waals surface area (Å²) in [4.78, 5) is 27.1. The van der Waals surface area contributed by atoms with Crippen LogP contribution >= 0.6 is 0 Å². The Kier molecular flexibility index (Phi) is 6.03. The van der Waals surface area contributed by atoms with Crippen molar-refractivity contribution in [1.82, 2.24) is 15.5 Å². The van der Waals surface area contributed by atoms with Crippen LogP contribution in [-0.2, 0) is 21.4 Å². The van der Waals surface area contributed by atoms with Crippen LogP contribution in [0.25, 0.3) is 0 Å². The Hall–Kier alpha value is -2.32. The van der Waals surface area contributed by atoms with Crippen molar-refractivity contribution in [3.05, 3.63) is 29.3 Å². The van der Waals surface area contributed by atoms with Gasteiger partial charge in [-0.2, -0.15) is 0 Å². The molecule has 192 valence electrons. The lowest BCUT2D eigenvalue weighted by Crippen LogP contribution is -2.74. The number of aromatic hydroxyl groups is 1. The zero-order valence-electron chi connectivity index (χ0n) is 21.1. The molecule has 0 spiro atoms. The maximum absolute atomic E-state index is 12.7. The quantitative estimate of drug-likeness (QED) is 0.510. The zero-order chi connectivity index (χ0) is 25.0. The first-order valence-electron chi connectivity index (χ1n) is 13.0. The number of aliphatic hydroxyl groups is 1. The minimum atomic E-state index is -0.892. The van der Waals surface area contributed by atoms with E-state index in [-0.39, 0.29) is 30.3 Å². The number of fused-ring (bicyclic) bond motifs is 1. The van der Waals surface area contributed by atoms with Gasteiger partial charge in [-0.1, -0.05) is 6.07 Å². The molecule has 3 aliphatic carbocycles. The first-order valence-corrected chi connectivity index (χ1v) is 13.0. The van der Waals surface area contributed by atoms with Crippen molar-refractivity contribution in [2.75, 3.05) is 19.6 Å². The second-order valence-corrected chi connectivity index (χ2v) is 12.1. The minimum absolute atomic E-state index is 0.0550. The van der Waals surface area contributed by atoms with E-state index in [1.54, 1.807) is 26.8 Å². The first kappa shape index (κ1) is 24.4. The molecule has 1 aromatic carbocycles. The Labute approximate surface area is 207 Å². The highest BCUT2D eigenvalue weighted by Gasteiger charge is 2.64. The highest BCUT2D eigenvalue weighted by Crippen LogP contribution is 2.58. The Balaban J connectivity index is 1.34. The van der Waals surface area contributed by atoms with Crippen LogP contribution in [0.5, 0.6) is 5.75 Å². The molecule has 0 radical (unpaired) electrons. The number of ether oxygens (including phenoxy) is 1. The SMILES string of the molecule is CC(C)(C)OC(=O)NCC(=O)N[C@@H]1CC[C@@]2(O)[C@H]3Cc4ccc(O)cc4[C@@]2(CCN3CC2CC2)C1. The number of alkyl carbamates (subject to hydrolysis) is 1. The van der Waals surface area contributed by atoms with E-state index < -0.39 is 22.7 Å². The third kappa shape index (κ3) is 4.62. The van der Waals surface area contributed by atoms with Crippen molar-refractivity contribution in [2.45, 2.75) is 94.4 Å². The van der Waals surface area contributed by atoms with Gasteiger partial charge in [-0.05, 0) is 101 Å². The van der Waals surface area contributed by atoms with Crippen LogP contribution in [0.2, 0.25) is 0 Å². The van der Waals surface area contributed by atoms with Crippen LogP contribution in [0.4, 0.5) is 4.79 Å². The molecular weight excluding hydrogens is 446 g/mol. The zero-order valence-corrected chi connectivity index (χ0v) is 21.1. The Bertz CT molecular complexity index is 1000. The molecule has 8 nitrogen and oxygen atoms in total. The number of nitrogens with zero attached hydrogens (tertiary/aromatic N) is 1. The summed E-state index contributed by atoms with van der Waals surface area (Å²) in [5.74, 6) is 0.699. The molecular formula is C27H39N3O5. The van der Waals surface area contributed by atoms with Gasteiger partial charge in [0.05, 0.1) is 5.60 Å². The van der Waals surface area contributed by atoms with Crippen molar-refractivity contribution >= 4 is 12.0 Å². The van der Waals surface area contributed by atoms with Crippen LogP contribution < -0.4 is 10.6 Å². The number of carbonyl (C=O) groups is 2. The molecule has 1 aliphatic heterocycles. The number of carbonyl (C=O) groups excluding carboxylic acids is 2. The van der Waals surface area contributed by atoms with E-state index in [1.807, 2.05) is 12.1 Å². The van der Waals surface area contributed by atoms with Gasteiger partial charge in [0.2, 0.25) is 5.91 Å². The van der Waals surface area contributed by atoms with E-state index in [1.165, 1.54) is 18.4 Å². The van der Waals surface area contributed by atoms with Gasteiger partial charge in [0.25, 0.3) is 0 Å². The molecule has 35 heavy (non-hydrogen) atoms. The maximum Gasteiger partial charge on any atom is 0.408 e. The highest BCUT2D eigenvalue weighted by molar-refractivity contribution is 5.82. The summed E-state index contributed by atoms with van der Waals surface area (Å²) in [6, 6.07) is 5.52. The summed E-state index contributed by atoms with van der Waals surface area (Å²) in [7, 11) is 0. The smallest absolute Gasteiger partial charge is 0.408 e. The van der Waals surface area contributed by atoms with E-state index in [9.17, 15) is 19.8 Å². The number of likely N-dealkylation sites (tertiary alicyclic amines) is 1. The molecule has 1 heterocycles. The van der Waals surface area contributed by atoms with E-state index in [0.29, 0.717) is 19.3 Å². The van der Waals surface area contributed by atoms with E-state index in [4.69, 9.17) is 4.74 Å². The summed E-state index contributed by atoms with van der Waals surface area (Å²) < 4.78 is 5.22. The van der Waals surface area contributed by atoms with Crippen molar-refractivity contribution in [3.63, 3.8) is 0 Å². The predicted octanol–water partition coefficient (Wildman–Crippen LogP) is 2.59. The van der Waals surface area contributed by atoms with E-state index in [2.05, 4.69) is 15.5 Å². The number of phenolic OH excluding ortho intramolecular Hbond substituents is 1. The van der Waals surface area contributed by atoms with Crippen LogP contribution in [0.15, 0.2) is 18.2 Å². The number of amides is 2. The van der Waals surface area contributed by atoms with Gasteiger partial charge in [0, 0.05) is 24.0 Å². The molecule has 2 bridgehead atoms.